The SMILES string of the molecule is C=CC(=O)N1CCN(c2nc(OC[C@@H]3CCN(C(=O)C4CCN(Cc5ccc(-n6c(-c7cc(C(C)C)c(O)cc7O)n[nH]c6=O)cc5)CC4)C3)nc3c2CCN(c2cccc4cccc(Cl)c24)C3)C[C@@H]1CC#N. The van der Waals surface area contributed by atoms with Crippen molar-refractivity contribution < 1.29 is 24.5 Å². The summed E-state index contributed by atoms with van der Waals surface area (Å²) in [6, 6.07) is 25.0. The van der Waals surface area contributed by atoms with Gasteiger partial charge in [-0.1, -0.05) is 68.4 Å². The molecular weight excluding hydrogens is 946 g/mol. The van der Waals surface area contributed by atoms with Gasteiger partial charge in [0.2, 0.25) is 11.8 Å². The van der Waals surface area contributed by atoms with Crippen LogP contribution in [0.5, 0.6) is 17.5 Å². The number of aromatic hydroxyl groups is 2. The maximum absolute atomic E-state index is 14.0. The summed E-state index contributed by atoms with van der Waals surface area (Å²) in [7, 11) is 0. The molecule has 4 aromatic carbocycles. The van der Waals surface area contributed by atoms with Crippen LogP contribution in [-0.4, -0.2) is 126 Å². The standard InChI is InChI=1S/C55H60ClN11O6/c1-4-49(70)66-26-25-64(31-40(66)15-20-57)51-41-19-24-63(46-10-6-8-37-7-5-9-44(56)50(37)46)32-45(41)58-54(59-51)73-33-36-16-23-65(30-36)53(71)38-17-21-62(22-18-38)29-35-11-13-39(14-12-35)67-52(60-61-55(67)72)43-27-42(34(2)3)47(68)28-48(43)69/h4-14,27-28,34,36,38,40,68-69H,1,15-19,21-26,29-33H2,2-3H3,(H,61,72)/t36-,40+/m1/s1. The fourth-order valence-corrected chi connectivity index (χ4v) is 11.4. The van der Waals surface area contributed by atoms with Crippen LogP contribution in [0.3, 0.4) is 0 Å². The number of aromatic nitrogens is 5. The summed E-state index contributed by atoms with van der Waals surface area (Å²) in [5, 5.41) is 40.3. The summed E-state index contributed by atoms with van der Waals surface area (Å²) >= 11 is 6.80. The molecule has 0 radical (unpaired) electrons. The van der Waals surface area contributed by atoms with Gasteiger partial charge in [0, 0.05) is 80.4 Å². The van der Waals surface area contributed by atoms with Crippen LogP contribution in [0.15, 0.2) is 90.2 Å². The summed E-state index contributed by atoms with van der Waals surface area (Å²) in [6.07, 6.45) is 4.50. The Labute approximate surface area is 428 Å². The lowest BCUT2D eigenvalue weighted by molar-refractivity contribution is -0.136. The van der Waals surface area contributed by atoms with Gasteiger partial charge in [0.15, 0.2) is 5.82 Å². The molecule has 0 saturated carbocycles. The Morgan fingerprint density at radius 3 is 2.48 bits per heavy atom. The van der Waals surface area contributed by atoms with Crippen LogP contribution < -0.4 is 20.2 Å². The number of fused-ring (bicyclic) bond motifs is 2. The minimum Gasteiger partial charge on any atom is -0.508 e. The van der Waals surface area contributed by atoms with Crippen LogP contribution in [0.4, 0.5) is 11.5 Å². The largest absolute Gasteiger partial charge is 0.508 e. The number of benzene rings is 4. The second-order valence-electron chi connectivity index (χ2n) is 20.0. The molecular formula is C55H60ClN11O6. The lowest BCUT2D eigenvalue weighted by atomic mass is 9.95. The molecule has 0 aliphatic carbocycles. The number of piperidine rings is 1. The zero-order valence-electron chi connectivity index (χ0n) is 41.2. The molecule has 6 heterocycles. The maximum Gasteiger partial charge on any atom is 0.348 e. The van der Waals surface area contributed by atoms with Crippen LogP contribution in [0, 0.1) is 23.2 Å². The van der Waals surface area contributed by atoms with Crippen LogP contribution >= 0.6 is 11.6 Å². The summed E-state index contributed by atoms with van der Waals surface area (Å²) in [4.78, 5) is 60.4. The molecule has 2 atom stereocenters. The van der Waals surface area contributed by atoms with E-state index in [0.717, 1.165) is 78.0 Å². The van der Waals surface area contributed by atoms with E-state index < -0.39 is 5.69 Å². The molecule has 10 rings (SSSR count). The highest BCUT2D eigenvalue weighted by atomic mass is 35.5. The van der Waals surface area contributed by atoms with Crippen LogP contribution in [0.1, 0.15) is 67.8 Å². The number of nitrogens with one attached hydrogen (secondary N) is 1. The summed E-state index contributed by atoms with van der Waals surface area (Å²) < 4.78 is 7.90. The summed E-state index contributed by atoms with van der Waals surface area (Å²) in [5.74, 6) is 0.851. The highest BCUT2D eigenvalue weighted by Gasteiger charge is 2.36. The number of hydrogen-bond donors (Lipinski definition) is 3. The van der Waals surface area contributed by atoms with Crippen molar-refractivity contribution in [3.05, 3.63) is 123 Å². The number of anilines is 2. The highest BCUT2D eigenvalue weighted by Crippen LogP contribution is 2.39. The minimum absolute atomic E-state index is 0.0143. The van der Waals surface area contributed by atoms with Crippen LogP contribution in [0.2, 0.25) is 5.02 Å². The molecule has 4 aliphatic heterocycles. The molecule has 0 bridgehead atoms. The van der Waals surface area contributed by atoms with Gasteiger partial charge >= 0.3 is 11.7 Å². The summed E-state index contributed by atoms with van der Waals surface area (Å²) in [5.41, 5.74) is 5.10. The number of H-pyrrole nitrogens is 1. The van der Waals surface area contributed by atoms with Crippen molar-refractivity contribution in [2.75, 3.05) is 68.8 Å². The molecule has 2 amide bonds. The third-order valence-electron chi connectivity index (χ3n) is 15.0. The number of carbonyl (C=O) groups is 2. The second-order valence-corrected chi connectivity index (χ2v) is 20.4. The normalized spacial score (nSPS) is 18.6. The first-order valence-electron chi connectivity index (χ1n) is 25.2. The van der Waals surface area contributed by atoms with Gasteiger partial charge in [0.25, 0.3) is 0 Å². The monoisotopic (exact) mass is 1010 g/mol. The third-order valence-corrected chi connectivity index (χ3v) is 15.3. The van der Waals surface area contributed by atoms with Crippen molar-refractivity contribution in [3.8, 4) is 40.7 Å². The fraction of sp³-hybridized carbons (Fsp3) is 0.400. The third kappa shape index (κ3) is 10.1. The van der Waals surface area contributed by atoms with E-state index in [0.29, 0.717) is 80.7 Å². The Bertz CT molecular complexity index is 3150. The Hall–Kier alpha value is -7.42. The Balaban J connectivity index is 0.772. The van der Waals surface area contributed by atoms with E-state index >= 15 is 0 Å². The fourth-order valence-electron chi connectivity index (χ4n) is 11.1. The van der Waals surface area contributed by atoms with E-state index in [9.17, 15) is 29.9 Å². The lowest BCUT2D eigenvalue weighted by Crippen LogP contribution is -2.55. The van der Waals surface area contributed by atoms with Gasteiger partial charge in [0.05, 0.1) is 53.7 Å². The van der Waals surface area contributed by atoms with Gasteiger partial charge in [-0.15, -0.1) is 0 Å². The molecule has 17 nitrogen and oxygen atoms in total. The number of likely N-dealkylation sites (tertiary alicyclic amines) is 2. The van der Waals surface area contributed by atoms with Gasteiger partial charge in [-0.2, -0.15) is 20.3 Å². The van der Waals surface area contributed by atoms with Crippen molar-refractivity contribution in [2.24, 2.45) is 11.8 Å². The van der Waals surface area contributed by atoms with Gasteiger partial charge in [0.1, 0.15) is 17.3 Å². The molecule has 3 saturated heterocycles. The Morgan fingerprint density at radius 1 is 0.945 bits per heavy atom. The number of carbonyl (C=O) groups excluding carboxylic acids is 2. The van der Waals surface area contributed by atoms with E-state index in [2.05, 4.69) is 55.7 Å². The van der Waals surface area contributed by atoms with Crippen LogP contribution in [-0.2, 0) is 29.1 Å². The first kappa shape index (κ1) is 49.2. The molecule has 0 spiro atoms. The molecule has 73 heavy (non-hydrogen) atoms. The molecule has 2 aromatic heterocycles. The lowest BCUT2D eigenvalue weighted by Gasteiger charge is -2.42. The first-order valence-corrected chi connectivity index (χ1v) is 25.6. The van der Waals surface area contributed by atoms with E-state index in [1.54, 1.807) is 11.0 Å². The molecule has 3 fully saturated rings. The van der Waals surface area contributed by atoms with Crippen molar-refractivity contribution in [2.45, 2.75) is 71.0 Å². The van der Waals surface area contributed by atoms with Gasteiger partial charge in [-0.25, -0.2) is 14.5 Å². The predicted octanol–water partition coefficient (Wildman–Crippen LogP) is 7.18. The quantitative estimate of drug-likeness (QED) is 0.0985. The molecule has 3 N–H and O–H groups in total. The van der Waals surface area contributed by atoms with Crippen LogP contribution in [0.25, 0.3) is 27.8 Å². The van der Waals surface area contributed by atoms with Gasteiger partial charge in [-0.3, -0.25) is 14.5 Å². The molecule has 6 aromatic rings. The number of rotatable bonds is 13. The molecule has 378 valence electrons. The Kier molecular flexibility index (Phi) is 14.1. The number of aromatic amines is 1. The zero-order chi connectivity index (χ0) is 50.9. The predicted molar refractivity (Wildman–Crippen MR) is 279 cm³/mol. The number of nitrogens with zero attached hydrogens (tertiary/aromatic N) is 10. The van der Waals surface area contributed by atoms with E-state index in [-0.39, 0.29) is 65.4 Å². The minimum atomic E-state index is -0.447. The number of hydrogen-bond acceptors (Lipinski definition) is 13. The number of phenols is 2. The molecule has 0 unspecified atom stereocenters. The zero-order valence-corrected chi connectivity index (χ0v) is 42.0. The topological polar surface area (TPSA) is 200 Å². The average molecular weight is 1010 g/mol. The highest BCUT2D eigenvalue weighted by molar-refractivity contribution is 6.36. The van der Waals surface area contributed by atoms with Gasteiger partial charge < -0.3 is 34.5 Å². The maximum atomic E-state index is 14.0. The summed E-state index contributed by atoms with van der Waals surface area (Å²) in [6.45, 7) is 14.1. The number of nitriles is 1. The van der Waals surface area contributed by atoms with E-state index in [1.807, 2.05) is 61.2 Å². The van der Waals surface area contributed by atoms with Gasteiger partial charge in [-0.05, 0) is 97.6 Å². The second kappa shape index (κ2) is 21.0. The molecule has 18 heteroatoms. The van der Waals surface area contributed by atoms with E-state index in [1.165, 1.54) is 16.7 Å². The number of piperazine rings is 1. The number of ether oxygens (including phenoxy) is 1. The number of halogens is 1. The Morgan fingerprint density at radius 2 is 1.73 bits per heavy atom. The first-order chi connectivity index (χ1) is 35.4. The number of phenolic OH excluding ortho intramolecular Hbond substituents is 2. The number of amides is 2. The van der Waals surface area contributed by atoms with E-state index in [4.69, 9.17) is 26.3 Å². The smallest absolute Gasteiger partial charge is 0.348 e. The molecule has 4 aliphatic rings. The average Bonchev–Trinajstić information content (AvgIpc) is 4.04. The van der Waals surface area contributed by atoms with Crippen molar-refractivity contribution in [1.29, 1.82) is 5.26 Å². The van der Waals surface area contributed by atoms with Crippen molar-refractivity contribution in [3.63, 3.8) is 0 Å². The van der Waals surface area contributed by atoms with Crippen molar-refractivity contribution in [1.82, 2.24) is 39.4 Å². The van der Waals surface area contributed by atoms with Crippen molar-refractivity contribution >= 4 is 45.7 Å².